The zero-order valence-corrected chi connectivity index (χ0v) is 15.0. The Hall–Kier alpha value is -1.50. The summed E-state index contributed by atoms with van der Waals surface area (Å²) in [7, 11) is 0. The molecule has 1 aliphatic rings. The third kappa shape index (κ3) is 4.12. The number of piperazine rings is 1. The molecular weight excluding hydrogens is 349 g/mol. The number of carbonyl (C=O) groups is 1. The number of rotatable bonds is 4. The lowest BCUT2D eigenvalue weighted by molar-refractivity contribution is -0.132. The van der Waals surface area contributed by atoms with E-state index in [4.69, 9.17) is 11.6 Å². The predicted molar refractivity (Wildman–Crippen MR) is 93.8 cm³/mol. The van der Waals surface area contributed by atoms with Crippen LogP contribution in [0, 0.1) is 12.7 Å². The van der Waals surface area contributed by atoms with Gasteiger partial charge in [0.15, 0.2) is 0 Å². The summed E-state index contributed by atoms with van der Waals surface area (Å²) in [5, 5.41) is 3.45. The highest BCUT2D eigenvalue weighted by Gasteiger charge is 2.23. The van der Waals surface area contributed by atoms with Crippen LogP contribution >= 0.6 is 22.9 Å². The van der Waals surface area contributed by atoms with Crippen molar-refractivity contribution in [1.82, 2.24) is 14.8 Å². The highest BCUT2D eigenvalue weighted by molar-refractivity contribution is 7.09. The van der Waals surface area contributed by atoms with Crippen molar-refractivity contribution in [3.63, 3.8) is 0 Å². The first kappa shape index (κ1) is 17.3. The van der Waals surface area contributed by atoms with Crippen LogP contribution in [0.25, 0.3) is 0 Å². The fraction of sp³-hybridized carbons (Fsp3) is 0.412. The smallest absolute Gasteiger partial charge is 0.227 e. The van der Waals surface area contributed by atoms with Crippen molar-refractivity contribution in [1.29, 1.82) is 0 Å². The van der Waals surface area contributed by atoms with Gasteiger partial charge < -0.3 is 4.90 Å². The van der Waals surface area contributed by atoms with Gasteiger partial charge >= 0.3 is 0 Å². The van der Waals surface area contributed by atoms with Crippen molar-refractivity contribution < 1.29 is 9.18 Å². The van der Waals surface area contributed by atoms with E-state index in [-0.39, 0.29) is 17.9 Å². The fourth-order valence-corrected chi connectivity index (χ4v) is 3.66. The van der Waals surface area contributed by atoms with Crippen LogP contribution in [0.3, 0.4) is 0 Å². The van der Waals surface area contributed by atoms with Crippen LogP contribution in [0.2, 0.25) is 5.02 Å². The Balaban J connectivity index is 1.53. The molecule has 0 aliphatic carbocycles. The second-order valence-electron chi connectivity index (χ2n) is 5.89. The summed E-state index contributed by atoms with van der Waals surface area (Å²) < 4.78 is 13.8. The number of nitrogens with zero attached hydrogens (tertiary/aromatic N) is 3. The minimum Gasteiger partial charge on any atom is -0.340 e. The van der Waals surface area contributed by atoms with Gasteiger partial charge in [-0.2, -0.15) is 0 Å². The Bertz CT molecular complexity index is 708. The lowest BCUT2D eigenvalue weighted by atomic mass is 10.1. The van der Waals surface area contributed by atoms with E-state index in [1.54, 1.807) is 28.4 Å². The maximum atomic E-state index is 13.8. The molecule has 7 heteroatoms. The van der Waals surface area contributed by atoms with Gasteiger partial charge in [0.05, 0.1) is 17.1 Å². The van der Waals surface area contributed by atoms with Gasteiger partial charge in [-0.15, -0.1) is 11.3 Å². The van der Waals surface area contributed by atoms with Crippen LogP contribution in [0.15, 0.2) is 23.6 Å². The minimum atomic E-state index is -0.423. The standard InChI is InChI=1S/C17H19ClFN3OS/c1-12-20-13(11-24-12)10-21-5-7-22(8-6-21)17(23)9-14-15(18)3-2-4-16(14)19/h2-4,11H,5-10H2,1H3. The summed E-state index contributed by atoms with van der Waals surface area (Å²) in [4.78, 5) is 21.0. The summed E-state index contributed by atoms with van der Waals surface area (Å²) in [6, 6.07) is 4.49. The van der Waals surface area contributed by atoms with Gasteiger partial charge in [-0.25, -0.2) is 9.37 Å². The van der Waals surface area contributed by atoms with Crippen LogP contribution in [0.5, 0.6) is 0 Å². The van der Waals surface area contributed by atoms with Crippen LogP contribution in [0.1, 0.15) is 16.3 Å². The molecule has 1 fully saturated rings. The van der Waals surface area contributed by atoms with Crippen molar-refractivity contribution in [3.8, 4) is 0 Å². The maximum absolute atomic E-state index is 13.8. The zero-order valence-electron chi connectivity index (χ0n) is 13.5. The first-order valence-electron chi connectivity index (χ1n) is 7.87. The van der Waals surface area contributed by atoms with Gasteiger partial charge in [0.25, 0.3) is 0 Å². The van der Waals surface area contributed by atoms with Crippen molar-refractivity contribution in [3.05, 3.63) is 50.7 Å². The third-order valence-corrected chi connectivity index (χ3v) is 5.34. The van der Waals surface area contributed by atoms with Gasteiger partial charge in [-0.1, -0.05) is 17.7 Å². The van der Waals surface area contributed by atoms with E-state index in [0.717, 1.165) is 30.3 Å². The number of hydrogen-bond acceptors (Lipinski definition) is 4. The van der Waals surface area contributed by atoms with Crippen molar-refractivity contribution in [2.45, 2.75) is 19.9 Å². The molecule has 1 aliphatic heterocycles. The molecule has 1 saturated heterocycles. The van der Waals surface area contributed by atoms with Crippen molar-refractivity contribution in [2.75, 3.05) is 26.2 Å². The Morgan fingerprint density at radius 2 is 2.08 bits per heavy atom. The van der Waals surface area contributed by atoms with Crippen LogP contribution < -0.4 is 0 Å². The van der Waals surface area contributed by atoms with E-state index in [9.17, 15) is 9.18 Å². The fourth-order valence-electron chi connectivity index (χ4n) is 2.83. The highest BCUT2D eigenvalue weighted by Crippen LogP contribution is 2.20. The summed E-state index contributed by atoms with van der Waals surface area (Å²) in [5.41, 5.74) is 1.36. The number of benzene rings is 1. The molecule has 0 unspecified atom stereocenters. The average molecular weight is 368 g/mol. The van der Waals surface area contributed by atoms with Gasteiger partial charge in [0.2, 0.25) is 5.91 Å². The number of halogens is 2. The molecule has 1 amide bonds. The third-order valence-electron chi connectivity index (χ3n) is 4.17. The molecule has 1 aromatic carbocycles. The van der Waals surface area contributed by atoms with Gasteiger partial charge in [0.1, 0.15) is 5.82 Å². The second kappa shape index (κ2) is 7.59. The molecule has 0 atom stereocenters. The summed E-state index contributed by atoms with van der Waals surface area (Å²) in [5.74, 6) is -0.500. The molecule has 4 nitrogen and oxygen atoms in total. The molecule has 2 heterocycles. The molecule has 3 rings (SSSR count). The quantitative estimate of drug-likeness (QED) is 0.833. The first-order chi connectivity index (χ1) is 11.5. The van der Waals surface area contributed by atoms with Gasteiger partial charge in [-0.3, -0.25) is 9.69 Å². The molecule has 0 saturated carbocycles. The molecule has 0 bridgehead atoms. The number of aromatic nitrogens is 1. The molecule has 0 N–H and O–H groups in total. The molecule has 0 spiro atoms. The lowest BCUT2D eigenvalue weighted by Crippen LogP contribution is -2.48. The highest BCUT2D eigenvalue weighted by atomic mass is 35.5. The molecule has 1 aromatic heterocycles. The van der Waals surface area contributed by atoms with E-state index in [1.807, 2.05) is 6.92 Å². The summed E-state index contributed by atoms with van der Waals surface area (Å²) >= 11 is 7.66. The molecular formula is C17H19ClFN3OS. The summed E-state index contributed by atoms with van der Waals surface area (Å²) in [6.45, 7) is 5.70. The predicted octanol–water partition coefficient (Wildman–Crippen LogP) is 3.13. The lowest BCUT2D eigenvalue weighted by Gasteiger charge is -2.34. The maximum Gasteiger partial charge on any atom is 0.227 e. The van der Waals surface area contributed by atoms with E-state index < -0.39 is 5.82 Å². The summed E-state index contributed by atoms with van der Waals surface area (Å²) in [6.07, 6.45) is 0.0107. The zero-order chi connectivity index (χ0) is 17.1. The van der Waals surface area contributed by atoms with Gasteiger partial charge in [0, 0.05) is 48.7 Å². The number of aryl methyl sites for hydroxylation is 1. The molecule has 2 aromatic rings. The number of hydrogen-bond donors (Lipinski definition) is 0. The molecule has 24 heavy (non-hydrogen) atoms. The van der Waals surface area contributed by atoms with E-state index >= 15 is 0 Å². The van der Waals surface area contributed by atoms with E-state index in [1.165, 1.54) is 6.07 Å². The van der Waals surface area contributed by atoms with Crippen LogP contribution in [-0.2, 0) is 17.8 Å². The molecule has 0 radical (unpaired) electrons. The largest absolute Gasteiger partial charge is 0.340 e. The normalized spacial score (nSPS) is 15.7. The van der Waals surface area contributed by atoms with Gasteiger partial charge in [-0.05, 0) is 19.1 Å². The topological polar surface area (TPSA) is 36.4 Å². The molecule has 128 valence electrons. The SMILES string of the molecule is Cc1nc(CN2CCN(C(=O)Cc3c(F)cccc3Cl)CC2)cs1. The number of thiazole rings is 1. The first-order valence-corrected chi connectivity index (χ1v) is 9.12. The second-order valence-corrected chi connectivity index (χ2v) is 7.36. The Kier molecular flexibility index (Phi) is 5.48. The minimum absolute atomic E-state index is 0.0107. The van der Waals surface area contributed by atoms with Crippen LogP contribution in [0.4, 0.5) is 4.39 Å². The van der Waals surface area contributed by atoms with E-state index in [2.05, 4.69) is 15.3 Å². The van der Waals surface area contributed by atoms with Crippen LogP contribution in [-0.4, -0.2) is 46.9 Å². The Labute approximate surface area is 149 Å². The van der Waals surface area contributed by atoms with Crippen molar-refractivity contribution in [2.24, 2.45) is 0 Å². The number of amides is 1. The number of carbonyl (C=O) groups excluding carboxylic acids is 1. The van der Waals surface area contributed by atoms with E-state index in [0.29, 0.717) is 18.1 Å². The van der Waals surface area contributed by atoms with Crippen molar-refractivity contribution >= 4 is 28.8 Å². The average Bonchev–Trinajstić information content (AvgIpc) is 2.96. The Morgan fingerprint density at radius 3 is 2.71 bits per heavy atom. The Morgan fingerprint density at radius 1 is 1.33 bits per heavy atom. The monoisotopic (exact) mass is 367 g/mol.